The molecule has 7 nitrogen and oxygen atoms in total. The van der Waals surface area contributed by atoms with Gasteiger partial charge in [0.05, 0.1) is 11.0 Å². The molecule has 3 heterocycles. The van der Waals surface area contributed by atoms with Crippen molar-refractivity contribution in [2.24, 2.45) is 0 Å². The van der Waals surface area contributed by atoms with Crippen LogP contribution in [0.4, 0.5) is 0 Å². The Morgan fingerprint density at radius 1 is 1.04 bits per heavy atom. The van der Waals surface area contributed by atoms with Crippen LogP contribution in [0.25, 0.3) is 16.9 Å². The third kappa shape index (κ3) is 3.12. The van der Waals surface area contributed by atoms with Crippen molar-refractivity contribution in [1.29, 1.82) is 0 Å². The maximum atomic E-state index is 12.1. The zero-order valence-electron chi connectivity index (χ0n) is 13.4. The molecule has 0 atom stereocenters. The van der Waals surface area contributed by atoms with E-state index < -0.39 is 0 Å². The molecule has 1 amide bonds. The van der Waals surface area contributed by atoms with Crippen molar-refractivity contribution in [3.63, 3.8) is 0 Å². The molecule has 4 aromatic rings. The quantitative estimate of drug-likeness (QED) is 0.606. The summed E-state index contributed by atoms with van der Waals surface area (Å²) in [6, 6.07) is 13.5. The number of aromatic nitrogens is 5. The molecule has 1 N–H and O–H groups in total. The molecule has 25 heavy (non-hydrogen) atoms. The Morgan fingerprint density at radius 2 is 1.96 bits per heavy atom. The Balaban J connectivity index is 1.56. The minimum Gasteiger partial charge on any atom is -0.350 e. The summed E-state index contributed by atoms with van der Waals surface area (Å²) in [6.45, 7) is 0.576. The van der Waals surface area contributed by atoms with Gasteiger partial charge in [-0.05, 0) is 24.3 Å². The summed E-state index contributed by atoms with van der Waals surface area (Å²) >= 11 is 0. The van der Waals surface area contributed by atoms with E-state index in [9.17, 15) is 4.79 Å². The average Bonchev–Trinajstić information content (AvgIpc) is 3.30. The predicted molar refractivity (Wildman–Crippen MR) is 92.9 cm³/mol. The molecule has 0 radical (unpaired) electrons. The lowest BCUT2D eigenvalue weighted by Gasteiger charge is -2.11. The van der Waals surface area contributed by atoms with Crippen LogP contribution < -0.4 is 5.32 Å². The molecule has 7 heteroatoms. The van der Waals surface area contributed by atoms with E-state index in [-0.39, 0.29) is 12.5 Å². The summed E-state index contributed by atoms with van der Waals surface area (Å²) in [6.07, 6.45) is 6.89. The Bertz CT molecular complexity index is 1010. The molecule has 0 saturated carbocycles. The van der Waals surface area contributed by atoms with Crippen molar-refractivity contribution in [2.75, 3.05) is 0 Å². The number of imidazole rings is 1. The van der Waals surface area contributed by atoms with E-state index in [2.05, 4.69) is 20.4 Å². The highest BCUT2D eigenvalue weighted by Gasteiger charge is 2.11. The fraction of sp³-hybridized carbons (Fsp3) is 0.111. The molecule has 4 rings (SSSR count). The predicted octanol–water partition coefficient (Wildman–Crippen LogP) is 1.93. The van der Waals surface area contributed by atoms with Crippen molar-refractivity contribution in [1.82, 2.24) is 29.6 Å². The average molecular weight is 332 g/mol. The fourth-order valence-corrected chi connectivity index (χ4v) is 2.70. The van der Waals surface area contributed by atoms with Gasteiger partial charge in [-0.1, -0.05) is 18.2 Å². The lowest BCUT2D eigenvalue weighted by Crippen LogP contribution is -2.27. The van der Waals surface area contributed by atoms with Crippen molar-refractivity contribution in [3.05, 3.63) is 72.9 Å². The van der Waals surface area contributed by atoms with Crippen LogP contribution in [-0.4, -0.2) is 30.2 Å². The van der Waals surface area contributed by atoms with Crippen LogP contribution >= 0.6 is 0 Å². The van der Waals surface area contributed by atoms with E-state index in [1.54, 1.807) is 35.7 Å². The number of nitrogens with one attached hydrogen (secondary N) is 1. The van der Waals surface area contributed by atoms with E-state index in [1.807, 2.05) is 41.0 Å². The molecule has 0 saturated heterocycles. The summed E-state index contributed by atoms with van der Waals surface area (Å²) in [4.78, 5) is 21.0. The van der Waals surface area contributed by atoms with E-state index in [4.69, 9.17) is 0 Å². The van der Waals surface area contributed by atoms with E-state index in [1.165, 1.54) is 0 Å². The Morgan fingerprint density at radius 3 is 2.84 bits per heavy atom. The smallest absolute Gasteiger partial charge is 0.241 e. The summed E-state index contributed by atoms with van der Waals surface area (Å²) in [5.41, 5.74) is 2.80. The number of carbonyl (C=O) groups excluding carboxylic acids is 1. The number of para-hydroxylation sites is 2. The first kappa shape index (κ1) is 15.1. The molecule has 0 spiro atoms. The monoisotopic (exact) mass is 332 g/mol. The van der Waals surface area contributed by atoms with Gasteiger partial charge in [-0.2, -0.15) is 5.10 Å². The van der Waals surface area contributed by atoms with Gasteiger partial charge in [0, 0.05) is 30.7 Å². The molecule has 0 aliphatic heterocycles. The second kappa shape index (κ2) is 6.56. The van der Waals surface area contributed by atoms with Gasteiger partial charge < -0.3 is 5.32 Å². The van der Waals surface area contributed by atoms with Crippen LogP contribution in [0.5, 0.6) is 0 Å². The highest BCUT2D eigenvalue weighted by atomic mass is 16.2. The van der Waals surface area contributed by atoms with Crippen LogP contribution in [0.1, 0.15) is 5.56 Å². The lowest BCUT2D eigenvalue weighted by molar-refractivity contribution is -0.122. The van der Waals surface area contributed by atoms with Gasteiger partial charge in [-0.3, -0.25) is 14.0 Å². The summed E-state index contributed by atoms with van der Waals surface area (Å²) in [5.74, 6) is 0.657. The molecule has 1 aromatic carbocycles. The number of fused-ring (bicyclic) bond motifs is 1. The van der Waals surface area contributed by atoms with E-state index in [0.29, 0.717) is 6.54 Å². The van der Waals surface area contributed by atoms with Gasteiger partial charge in [0.1, 0.15) is 18.7 Å². The van der Waals surface area contributed by atoms with Gasteiger partial charge in [-0.15, -0.1) is 0 Å². The number of hydrogen-bond acceptors (Lipinski definition) is 4. The molecule has 124 valence electrons. The number of rotatable bonds is 5. The Labute approximate surface area is 143 Å². The minimum absolute atomic E-state index is 0.103. The third-order valence-electron chi connectivity index (χ3n) is 3.89. The summed E-state index contributed by atoms with van der Waals surface area (Å²) in [7, 11) is 0. The number of carbonyl (C=O) groups is 1. The van der Waals surface area contributed by atoms with Crippen LogP contribution in [0.2, 0.25) is 0 Å². The number of amides is 1. The van der Waals surface area contributed by atoms with E-state index in [0.717, 1.165) is 22.4 Å². The number of hydrogen-bond donors (Lipinski definition) is 1. The molecule has 0 aliphatic carbocycles. The molecular weight excluding hydrogens is 316 g/mol. The van der Waals surface area contributed by atoms with Gasteiger partial charge in [0.2, 0.25) is 5.91 Å². The molecular formula is C18H16N6O. The first-order valence-corrected chi connectivity index (χ1v) is 7.92. The standard InChI is InChI=1S/C18H16N6O/c25-17(12-23-10-4-9-22-23)20-11-14-5-3-8-19-18(14)24-13-21-15-6-1-2-7-16(15)24/h1-10,13H,11-12H2,(H,20,25). The lowest BCUT2D eigenvalue weighted by atomic mass is 10.2. The summed E-state index contributed by atoms with van der Waals surface area (Å²) in [5, 5.41) is 6.95. The zero-order chi connectivity index (χ0) is 17.1. The van der Waals surface area contributed by atoms with Crippen LogP contribution in [0.15, 0.2) is 67.4 Å². The first-order chi connectivity index (χ1) is 12.3. The van der Waals surface area contributed by atoms with Crippen molar-refractivity contribution in [3.8, 4) is 5.82 Å². The second-order valence-corrected chi connectivity index (χ2v) is 5.57. The molecule has 0 unspecified atom stereocenters. The molecule has 0 fully saturated rings. The van der Waals surface area contributed by atoms with Gasteiger partial charge in [-0.25, -0.2) is 9.97 Å². The topological polar surface area (TPSA) is 77.6 Å². The number of benzene rings is 1. The zero-order valence-corrected chi connectivity index (χ0v) is 13.4. The maximum Gasteiger partial charge on any atom is 0.241 e. The van der Waals surface area contributed by atoms with E-state index >= 15 is 0 Å². The van der Waals surface area contributed by atoms with Crippen LogP contribution in [0.3, 0.4) is 0 Å². The highest BCUT2D eigenvalue weighted by molar-refractivity contribution is 5.77. The van der Waals surface area contributed by atoms with Crippen molar-refractivity contribution < 1.29 is 4.79 Å². The van der Waals surface area contributed by atoms with Crippen LogP contribution in [-0.2, 0) is 17.9 Å². The Hall–Kier alpha value is -3.48. The van der Waals surface area contributed by atoms with Crippen molar-refractivity contribution >= 4 is 16.9 Å². The van der Waals surface area contributed by atoms with Gasteiger partial charge in [0.15, 0.2) is 0 Å². The first-order valence-electron chi connectivity index (χ1n) is 7.92. The largest absolute Gasteiger partial charge is 0.350 e. The fourth-order valence-electron chi connectivity index (χ4n) is 2.70. The third-order valence-corrected chi connectivity index (χ3v) is 3.89. The number of nitrogens with zero attached hydrogens (tertiary/aromatic N) is 5. The molecule has 0 bridgehead atoms. The SMILES string of the molecule is O=C(Cn1cccn1)NCc1cccnc1-n1cnc2ccccc21. The maximum absolute atomic E-state index is 12.1. The van der Waals surface area contributed by atoms with Crippen LogP contribution in [0, 0.1) is 0 Å². The second-order valence-electron chi connectivity index (χ2n) is 5.57. The molecule has 3 aromatic heterocycles. The number of pyridine rings is 1. The Kier molecular flexibility index (Phi) is 3.96. The van der Waals surface area contributed by atoms with Gasteiger partial charge in [0.25, 0.3) is 0 Å². The van der Waals surface area contributed by atoms with Crippen molar-refractivity contribution in [2.45, 2.75) is 13.1 Å². The normalized spacial score (nSPS) is 10.9. The molecule has 0 aliphatic rings. The minimum atomic E-state index is -0.103. The van der Waals surface area contributed by atoms with Gasteiger partial charge >= 0.3 is 0 Å². The highest BCUT2D eigenvalue weighted by Crippen LogP contribution is 2.19. The summed E-state index contributed by atoms with van der Waals surface area (Å²) < 4.78 is 3.52.